The van der Waals surface area contributed by atoms with Crippen molar-refractivity contribution in [3.05, 3.63) is 29.8 Å². The molecular formula is C22H34N4O2. The van der Waals surface area contributed by atoms with E-state index in [2.05, 4.69) is 5.32 Å². The molecule has 2 aliphatic rings. The van der Waals surface area contributed by atoms with Crippen LogP contribution in [-0.4, -0.2) is 55.5 Å². The number of benzene rings is 1. The molecule has 0 radical (unpaired) electrons. The average molecular weight is 387 g/mol. The molecule has 1 atom stereocenters. The highest BCUT2D eigenvalue weighted by Crippen LogP contribution is 2.23. The minimum Gasteiger partial charge on any atom is -0.354 e. The normalized spacial score (nSPS) is 20.2. The molecular weight excluding hydrogens is 352 g/mol. The second-order valence-corrected chi connectivity index (χ2v) is 8.39. The number of nitrogens with one attached hydrogen (secondary N) is 1. The minimum absolute atomic E-state index is 0.0157. The Morgan fingerprint density at radius 3 is 2.64 bits per heavy atom. The molecule has 2 fully saturated rings. The Hall–Kier alpha value is -2.08. The van der Waals surface area contributed by atoms with Crippen molar-refractivity contribution >= 4 is 17.5 Å². The van der Waals surface area contributed by atoms with E-state index in [-0.39, 0.29) is 30.9 Å². The maximum Gasteiger partial charge on any atom is 0.242 e. The van der Waals surface area contributed by atoms with Gasteiger partial charge >= 0.3 is 0 Å². The monoisotopic (exact) mass is 386 g/mol. The van der Waals surface area contributed by atoms with Crippen LogP contribution in [0, 0.1) is 12.8 Å². The third-order valence-corrected chi connectivity index (χ3v) is 5.92. The third-order valence-electron chi connectivity index (χ3n) is 5.92. The van der Waals surface area contributed by atoms with Crippen LogP contribution in [0.2, 0.25) is 0 Å². The average Bonchev–Trinajstić information content (AvgIpc) is 3.13. The molecule has 6 nitrogen and oxygen atoms in total. The molecule has 1 aromatic carbocycles. The van der Waals surface area contributed by atoms with Crippen LogP contribution in [0.15, 0.2) is 24.3 Å². The van der Waals surface area contributed by atoms with Crippen molar-refractivity contribution in [1.29, 1.82) is 0 Å². The highest BCUT2D eigenvalue weighted by molar-refractivity contribution is 5.86. The van der Waals surface area contributed by atoms with Crippen molar-refractivity contribution in [2.75, 3.05) is 37.6 Å². The molecule has 0 aromatic heterocycles. The van der Waals surface area contributed by atoms with E-state index >= 15 is 0 Å². The number of carbonyl (C=O) groups is 2. The van der Waals surface area contributed by atoms with Gasteiger partial charge in [-0.3, -0.25) is 9.59 Å². The van der Waals surface area contributed by atoms with E-state index in [1.54, 1.807) is 0 Å². The SMILES string of the molecule is Cc1cccc(N(CC(=O)NCC2CCCCC2)CC(=O)N2CCC(N)C2)c1. The van der Waals surface area contributed by atoms with Crippen LogP contribution in [-0.2, 0) is 9.59 Å². The lowest BCUT2D eigenvalue weighted by Gasteiger charge is -2.27. The molecule has 6 heteroatoms. The number of hydrogen-bond acceptors (Lipinski definition) is 4. The first-order chi connectivity index (χ1) is 13.5. The van der Waals surface area contributed by atoms with E-state index in [1.165, 1.54) is 32.1 Å². The first-order valence-corrected chi connectivity index (χ1v) is 10.6. The van der Waals surface area contributed by atoms with Gasteiger partial charge in [0, 0.05) is 31.4 Å². The molecule has 1 unspecified atom stereocenters. The van der Waals surface area contributed by atoms with Crippen LogP contribution in [0.25, 0.3) is 0 Å². The van der Waals surface area contributed by atoms with Crippen LogP contribution >= 0.6 is 0 Å². The first kappa shape index (κ1) is 20.6. The molecule has 0 spiro atoms. The molecule has 1 saturated heterocycles. The zero-order valence-electron chi connectivity index (χ0n) is 17.0. The highest BCUT2D eigenvalue weighted by atomic mass is 16.2. The number of nitrogens with zero attached hydrogens (tertiary/aromatic N) is 2. The standard InChI is InChI=1S/C22H34N4O2/c1-17-6-5-9-20(12-17)26(16-22(28)25-11-10-19(23)14-25)15-21(27)24-13-18-7-3-2-4-8-18/h5-6,9,12,18-19H,2-4,7-8,10-11,13-16,23H2,1H3,(H,24,27). The molecule has 1 aliphatic carbocycles. The number of likely N-dealkylation sites (tertiary alicyclic amines) is 1. The summed E-state index contributed by atoms with van der Waals surface area (Å²) in [7, 11) is 0. The summed E-state index contributed by atoms with van der Waals surface area (Å²) in [4.78, 5) is 29.1. The lowest BCUT2D eigenvalue weighted by Crippen LogP contribution is -2.45. The lowest BCUT2D eigenvalue weighted by atomic mass is 9.89. The van der Waals surface area contributed by atoms with Gasteiger partial charge < -0.3 is 20.9 Å². The van der Waals surface area contributed by atoms with Gasteiger partial charge in [0.1, 0.15) is 0 Å². The van der Waals surface area contributed by atoms with E-state index in [1.807, 2.05) is 41.0 Å². The van der Waals surface area contributed by atoms with Crippen LogP contribution in [0.3, 0.4) is 0 Å². The number of carbonyl (C=O) groups excluding carboxylic acids is 2. The molecule has 1 aromatic rings. The van der Waals surface area contributed by atoms with Crippen LogP contribution < -0.4 is 16.0 Å². The molecule has 1 aliphatic heterocycles. The third kappa shape index (κ3) is 5.96. The van der Waals surface area contributed by atoms with E-state index in [0.29, 0.717) is 19.0 Å². The van der Waals surface area contributed by atoms with Crippen molar-refractivity contribution in [3.63, 3.8) is 0 Å². The van der Waals surface area contributed by atoms with Crippen LogP contribution in [0.1, 0.15) is 44.1 Å². The fourth-order valence-corrected chi connectivity index (χ4v) is 4.22. The van der Waals surface area contributed by atoms with E-state index < -0.39 is 0 Å². The molecule has 2 amide bonds. The zero-order valence-corrected chi connectivity index (χ0v) is 17.0. The second kappa shape index (κ2) is 9.92. The Morgan fingerprint density at radius 1 is 1.18 bits per heavy atom. The number of rotatable bonds is 7. The summed E-state index contributed by atoms with van der Waals surface area (Å²) in [5, 5.41) is 3.09. The highest BCUT2D eigenvalue weighted by Gasteiger charge is 2.26. The number of hydrogen-bond donors (Lipinski definition) is 2. The summed E-state index contributed by atoms with van der Waals surface area (Å²) >= 11 is 0. The van der Waals surface area contributed by atoms with Gasteiger partial charge in [0.2, 0.25) is 11.8 Å². The Kier molecular flexibility index (Phi) is 7.31. The quantitative estimate of drug-likeness (QED) is 0.752. The van der Waals surface area contributed by atoms with Crippen LogP contribution in [0.4, 0.5) is 5.69 Å². The maximum absolute atomic E-state index is 12.7. The summed E-state index contributed by atoms with van der Waals surface area (Å²) in [5.41, 5.74) is 7.96. The smallest absolute Gasteiger partial charge is 0.242 e. The first-order valence-electron chi connectivity index (χ1n) is 10.6. The van der Waals surface area contributed by atoms with Crippen molar-refractivity contribution < 1.29 is 9.59 Å². The van der Waals surface area contributed by atoms with E-state index in [0.717, 1.165) is 24.2 Å². The molecule has 28 heavy (non-hydrogen) atoms. The van der Waals surface area contributed by atoms with Gasteiger partial charge in [0.05, 0.1) is 13.1 Å². The summed E-state index contributed by atoms with van der Waals surface area (Å²) in [6, 6.07) is 8.04. The predicted molar refractivity (Wildman–Crippen MR) is 112 cm³/mol. The fraction of sp³-hybridized carbons (Fsp3) is 0.636. The maximum atomic E-state index is 12.7. The summed E-state index contributed by atoms with van der Waals surface area (Å²) < 4.78 is 0. The molecule has 3 rings (SSSR count). The molecule has 154 valence electrons. The van der Waals surface area contributed by atoms with E-state index in [9.17, 15) is 9.59 Å². The summed E-state index contributed by atoms with van der Waals surface area (Å²) in [6.45, 7) is 4.47. The van der Waals surface area contributed by atoms with Crippen molar-refractivity contribution in [2.45, 2.75) is 51.5 Å². The molecule has 1 saturated carbocycles. The summed E-state index contributed by atoms with van der Waals surface area (Å²) in [6.07, 6.45) is 7.10. The van der Waals surface area contributed by atoms with Gasteiger partial charge in [-0.15, -0.1) is 0 Å². The van der Waals surface area contributed by atoms with Gasteiger partial charge in [-0.2, -0.15) is 0 Å². The topological polar surface area (TPSA) is 78.7 Å². The molecule has 3 N–H and O–H groups in total. The Labute approximate surface area is 168 Å². The van der Waals surface area contributed by atoms with Gasteiger partial charge in [0.25, 0.3) is 0 Å². The fourth-order valence-electron chi connectivity index (χ4n) is 4.22. The van der Waals surface area contributed by atoms with Gasteiger partial charge in [-0.05, 0) is 49.8 Å². The van der Waals surface area contributed by atoms with Gasteiger partial charge in [0.15, 0.2) is 0 Å². The number of aryl methyl sites for hydroxylation is 1. The van der Waals surface area contributed by atoms with Crippen molar-refractivity contribution in [1.82, 2.24) is 10.2 Å². The van der Waals surface area contributed by atoms with Crippen molar-refractivity contribution in [3.8, 4) is 0 Å². The Bertz CT molecular complexity index is 672. The number of nitrogens with two attached hydrogens (primary N) is 1. The molecule has 0 bridgehead atoms. The Morgan fingerprint density at radius 2 is 1.96 bits per heavy atom. The van der Waals surface area contributed by atoms with Gasteiger partial charge in [-0.25, -0.2) is 0 Å². The zero-order chi connectivity index (χ0) is 19.9. The minimum atomic E-state index is -0.0157. The van der Waals surface area contributed by atoms with Gasteiger partial charge in [-0.1, -0.05) is 31.4 Å². The van der Waals surface area contributed by atoms with E-state index in [4.69, 9.17) is 5.73 Å². The second-order valence-electron chi connectivity index (χ2n) is 8.39. The summed E-state index contributed by atoms with van der Waals surface area (Å²) in [5.74, 6) is 0.616. The van der Waals surface area contributed by atoms with Crippen molar-refractivity contribution in [2.24, 2.45) is 11.7 Å². The predicted octanol–water partition coefficient (Wildman–Crippen LogP) is 2.06. The largest absolute Gasteiger partial charge is 0.354 e. The lowest BCUT2D eigenvalue weighted by molar-refractivity contribution is -0.128. The number of anilines is 1. The number of amides is 2. The Balaban J connectivity index is 1.60. The van der Waals surface area contributed by atoms with Crippen LogP contribution in [0.5, 0.6) is 0 Å². The molecule has 1 heterocycles.